The molecule has 4 aromatic rings. The molecule has 0 saturated heterocycles. The number of halogens is 1. The van der Waals surface area contributed by atoms with Crippen LogP contribution in [0.25, 0.3) is 33.0 Å². The summed E-state index contributed by atoms with van der Waals surface area (Å²) in [7, 11) is 0. The fraction of sp³-hybridized carbons (Fsp3) is 0. The van der Waals surface area contributed by atoms with Crippen molar-refractivity contribution in [3.63, 3.8) is 0 Å². The number of nitrogens with zero attached hydrogens (tertiary/aromatic N) is 2. The Balaban J connectivity index is 1.88. The number of furan rings is 1. The Morgan fingerprint density at radius 2 is 1.81 bits per heavy atom. The Hall–Kier alpha value is -2.17. The summed E-state index contributed by atoms with van der Waals surface area (Å²) in [4.78, 5) is 9.61. The maximum Gasteiger partial charge on any atom is 0.223 e. The molecule has 0 fully saturated rings. The molecule has 0 spiro atoms. The molecule has 3 heterocycles. The second-order valence-corrected chi connectivity index (χ2v) is 5.82. The van der Waals surface area contributed by atoms with Gasteiger partial charge >= 0.3 is 0 Å². The van der Waals surface area contributed by atoms with Crippen LogP contribution in [-0.4, -0.2) is 9.97 Å². The van der Waals surface area contributed by atoms with Gasteiger partial charge in [0.1, 0.15) is 11.3 Å². The zero-order valence-corrected chi connectivity index (χ0v) is 12.4. The van der Waals surface area contributed by atoms with E-state index in [1.807, 2.05) is 53.9 Å². The number of benzene rings is 1. The molecule has 102 valence electrons. The molecule has 4 rings (SSSR count). The van der Waals surface area contributed by atoms with Gasteiger partial charge in [-0.3, -0.25) is 0 Å². The van der Waals surface area contributed by atoms with Crippen LogP contribution >= 0.6 is 22.9 Å². The third-order valence-corrected chi connectivity index (χ3v) is 4.21. The number of hydrogen-bond acceptors (Lipinski definition) is 4. The fourth-order valence-corrected chi connectivity index (χ4v) is 3.07. The van der Waals surface area contributed by atoms with Crippen LogP contribution in [0.5, 0.6) is 0 Å². The van der Waals surface area contributed by atoms with Crippen molar-refractivity contribution in [1.29, 1.82) is 0 Å². The monoisotopic (exact) mass is 312 g/mol. The first-order valence-electron chi connectivity index (χ1n) is 6.37. The zero-order valence-electron chi connectivity index (χ0n) is 10.8. The predicted molar refractivity (Wildman–Crippen MR) is 85.6 cm³/mol. The lowest BCUT2D eigenvalue weighted by atomic mass is 10.2. The molecule has 0 aliphatic carbocycles. The van der Waals surface area contributed by atoms with Crippen molar-refractivity contribution in [3.8, 4) is 22.0 Å². The van der Waals surface area contributed by atoms with Crippen molar-refractivity contribution in [2.24, 2.45) is 0 Å². The normalized spacial score (nSPS) is 11.1. The number of rotatable bonds is 2. The van der Waals surface area contributed by atoms with Crippen LogP contribution in [0.4, 0.5) is 0 Å². The maximum atomic E-state index is 6.06. The molecule has 3 aromatic heterocycles. The average Bonchev–Trinajstić information content (AvgIpc) is 3.16. The van der Waals surface area contributed by atoms with E-state index in [1.54, 1.807) is 11.3 Å². The first-order chi connectivity index (χ1) is 10.3. The van der Waals surface area contributed by atoms with Crippen LogP contribution in [-0.2, 0) is 0 Å². The quantitative estimate of drug-likeness (QED) is 0.473. The van der Waals surface area contributed by atoms with Gasteiger partial charge in [-0.25, -0.2) is 9.97 Å². The highest BCUT2D eigenvalue weighted by atomic mass is 35.5. The second-order valence-electron chi connectivity index (χ2n) is 4.53. The Labute approximate surface area is 129 Å². The van der Waals surface area contributed by atoms with E-state index in [4.69, 9.17) is 16.0 Å². The molecule has 5 heteroatoms. The number of hydrogen-bond donors (Lipinski definition) is 0. The second kappa shape index (κ2) is 4.98. The molecule has 0 N–H and O–H groups in total. The molecular weight excluding hydrogens is 304 g/mol. The van der Waals surface area contributed by atoms with E-state index in [0.29, 0.717) is 11.5 Å². The van der Waals surface area contributed by atoms with Crippen molar-refractivity contribution in [2.45, 2.75) is 0 Å². The predicted octanol–water partition coefficient (Wildman–Crippen LogP) is 5.27. The summed E-state index contributed by atoms with van der Waals surface area (Å²) in [6, 6.07) is 15.7. The van der Waals surface area contributed by atoms with Gasteiger partial charge in [0, 0.05) is 5.39 Å². The first-order valence-corrected chi connectivity index (χ1v) is 7.63. The van der Waals surface area contributed by atoms with Gasteiger partial charge in [0.05, 0.1) is 10.6 Å². The third-order valence-electron chi connectivity index (χ3n) is 3.15. The van der Waals surface area contributed by atoms with E-state index < -0.39 is 0 Å². The molecule has 0 aliphatic rings. The van der Waals surface area contributed by atoms with Crippen LogP contribution in [0, 0.1) is 0 Å². The van der Waals surface area contributed by atoms with Gasteiger partial charge in [0.2, 0.25) is 5.28 Å². The number of fused-ring (bicyclic) bond motifs is 1. The van der Waals surface area contributed by atoms with Crippen molar-refractivity contribution < 1.29 is 4.42 Å². The van der Waals surface area contributed by atoms with Crippen LogP contribution in [0.15, 0.2) is 58.3 Å². The van der Waals surface area contributed by atoms with Gasteiger partial charge in [0.25, 0.3) is 0 Å². The lowest BCUT2D eigenvalue weighted by molar-refractivity contribution is 0.628. The average molecular weight is 313 g/mol. The van der Waals surface area contributed by atoms with E-state index in [9.17, 15) is 0 Å². The topological polar surface area (TPSA) is 38.9 Å². The molecule has 0 unspecified atom stereocenters. The lowest BCUT2D eigenvalue weighted by Crippen LogP contribution is -1.89. The van der Waals surface area contributed by atoms with Crippen LogP contribution in [0.2, 0.25) is 5.28 Å². The van der Waals surface area contributed by atoms with Crippen molar-refractivity contribution in [3.05, 3.63) is 59.2 Å². The fourth-order valence-electron chi connectivity index (χ4n) is 2.20. The van der Waals surface area contributed by atoms with Crippen molar-refractivity contribution in [2.75, 3.05) is 0 Å². The zero-order chi connectivity index (χ0) is 14.2. The van der Waals surface area contributed by atoms with Gasteiger partial charge in [-0.1, -0.05) is 24.3 Å². The molecule has 21 heavy (non-hydrogen) atoms. The largest absolute Gasteiger partial charge is 0.454 e. The summed E-state index contributed by atoms with van der Waals surface area (Å²) < 4.78 is 5.84. The molecule has 0 aliphatic heterocycles. The van der Waals surface area contributed by atoms with E-state index in [-0.39, 0.29) is 5.28 Å². The van der Waals surface area contributed by atoms with E-state index in [1.165, 1.54) is 0 Å². The number of aromatic nitrogens is 2. The maximum absolute atomic E-state index is 6.06. The molecule has 0 saturated carbocycles. The number of para-hydroxylation sites is 1. The van der Waals surface area contributed by atoms with Gasteiger partial charge in [-0.15, -0.1) is 11.3 Å². The van der Waals surface area contributed by atoms with Crippen LogP contribution in [0.3, 0.4) is 0 Å². The summed E-state index contributed by atoms with van der Waals surface area (Å²) in [5, 5.41) is 3.27. The number of thiophene rings is 1. The molecule has 0 radical (unpaired) electrons. The van der Waals surface area contributed by atoms with Gasteiger partial charge < -0.3 is 4.42 Å². The smallest absolute Gasteiger partial charge is 0.223 e. The molecule has 0 bridgehead atoms. The highest BCUT2D eigenvalue weighted by Crippen LogP contribution is 2.31. The highest BCUT2D eigenvalue weighted by molar-refractivity contribution is 7.13. The van der Waals surface area contributed by atoms with Crippen molar-refractivity contribution in [1.82, 2.24) is 9.97 Å². The molecule has 0 atom stereocenters. The summed E-state index contributed by atoms with van der Waals surface area (Å²) in [5.74, 6) is 0.693. The minimum Gasteiger partial charge on any atom is -0.454 e. The van der Waals surface area contributed by atoms with Gasteiger partial charge in [0.15, 0.2) is 5.76 Å². The summed E-state index contributed by atoms with van der Waals surface area (Å²) >= 11 is 7.67. The minimum absolute atomic E-state index is 0.219. The molecular formula is C16H9ClN2OS. The third kappa shape index (κ3) is 2.33. The highest BCUT2D eigenvalue weighted by Gasteiger charge is 2.12. The Bertz CT molecular complexity index is 882. The summed E-state index contributed by atoms with van der Waals surface area (Å²) in [6.45, 7) is 0. The molecule has 1 aromatic carbocycles. The molecule has 3 nitrogen and oxygen atoms in total. The van der Waals surface area contributed by atoms with Gasteiger partial charge in [-0.2, -0.15) is 0 Å². The van der Waals surface area contributed by atoms with E-state index in [2.05, 4.69) is 9.97 Å². The van der Waals surface area contributed by atoms with Gasteiger partial charge in [-0.05, 0) is 41.2 Å². The summed E-state index contributed by atoms with van der Waals surface area (Å²) in [5.41, 5.74) is 2.33. The van der Waals surface area contributed by atoms with Crippen molar-refractivity contribution >= 4 is 33.9 Å². The lowest BCUT2D eigenvalue weighted by Gasteiger charge is -2.01. The van der Waals surface area contributed by atoms with E-state index >= 15 is 0 Å². The van der Waals surface area contributed by atoms with Crippen LogP contribution < -0.4 is 0 Å². The molecule has 0 amide bonds. The Kier molecular flexibility index (Phi) is 2.98. The first kappa shape index (κ1) is 12.6. The Morgan fingerprint density at radius 3 is 2.62 bits per heavy atom. The summed E-state index contributed by atoms with van der Waals surface area (Å²) in [6.07, 6.45) is 0. The van der Waals surface area contributed by atoms with Crippen LogP contribution in [0.1, 0.15) is 0 Å². The standard InChI is InChI=1S/C16H9ClN2OS/c17-16-18-11(9-12(19-16)15-6-3-7-21-15)14-8-10-4-1-2-5-13(10)20-14/h1-9H. The SMILES string of the molecule is Clc1nc(-c2cc3ccccc3o2)cc(-c2cccs2)n1. The van der Waals surface area contributed by atoms with E-state index in [0.717, 1.165) is 21.5 Å². The Morgan fingerprint density at radius 1 is 0.952 bits per heavy atom. The minimum atomic E-state index is 0.219.